The minimum atomic E-state index is -1.57. The van der Waals surface area contributed by atoms with Crippen LogP contribution < -0.4 is 0 Å². The maximum Gasteiger partial charge on any atom is 0.342 e. The van der Waals surface area contributed by atoms with Crippen LogP contribution in [0.2, 0.25) is 10.0 Å². The molecule has 4 rings (SSSR count). The smallest absolute Gasteiger partial charge is 0.342 e. The van der Waals surface area contributed by atoms with Crippen LogP contribution in [0.5, 0.6) is 11.5 Å². The number of cyclic esters (lactones) is 1. The molecule has 14 atom stereocenters. The minimum Gasteiger partial charge on any atom is -0.505 e. The lowest BCUT2D eigenvalue weighted by atomic mass is 9.88. The first kappa shape index (κ1) is 60.7. The van der Waals surface area contributed by atoms with Crippen LogP contribution in [0, 0.1) is 11.8 Å². The molecule has 3 aliphatic heterocycles. The highest BCUT2D eigenvalue weighted by molar-refractivity contribution is 6.39. The van der Waals surface area contributed by atoms with E-state index in [1.165, 1.54) is 33.1 Å². The summed E-state index contributed by atoms with van der Waals surface area (Å²) in [5, 5.41) is 76.5. The molecule has 2 fully saturated rings. The van der Waals surface area contributed by atoms with Crippen molar-refractivity contribution < 1.29 is 88.0 Å². The first-order chi connectivity index (χ1) is 33.7. The van der Waals surface area contributed by atoms with Crippen molar-refractivity contribution in [3.05, 3.63) is 79.9 Å². The van der Waals surface area contributed by atoms with Crippen LogP contribution in [0.15, 0.2) is 58.7 Å². The topological polar surface area (TPSA) is 267 Å². The van der Waals surface area contributed by atoms with E-state index in [4.69, 9.17) is 61.1 Å². The Hall–Kier alpha value is -3.89. The van der Waals surface area contributed by atoms with Crippen LogP contribution in [0.3, 0.4) is 0 Å². The molecule has 0 amide bonds. The highest BCUT2D eigenvalue weighted by Gasteiger charge is 2.53. The highest BCUT2D eigenvalue weighted by Crippen LogP contribution is 2.45. The lowest BCUT2D eigenvalue weighted by Crippen LogP contribution is -2.64. The number of aliphatic hydroxyl groups is 5. The molecule has 3 heterocycles. The Kier molecular flexibility index (Phi) is 22.4. The van der Waals surface area contributed by atoms with Gasteiger partial charge in [0.25, 0.3) is 0 Å². The summed E-state index contributed by atoms with van der Waals surface area (Å²) in [4.78, 5) is 40.1. The summed E-state index contributed by atoms with van der Waals surface area (Å²) in [7, 11) is 1.26. The average molecular weight is 1060 g/mol. The number of aromatic hydroxyl groups is 2. The van der Waals surface area contributed by atoms with Gasteiger partial charge in [0.1, 0.15) is 41.1 Å². The molecule has 0 aliphatic carbocycles. The molecule has 72 heavy (non-hydrogen) atoms. The zero-order valence-electron chi connectivity index (χ0n) is 43.0. The number of carbonyl (C=O) groups is 3. The van der Waals surface area contributed by atoms with Crippen molar-refractivity contribution in [1.82, 2.24) is 0 Å². The van der Waals surface area contributed by atoms with Gasteiger partial charge < -0.3 is 73.6 Å². The maximum atomic E-state index is 14.0. The Morgan fingerprint density at radius 3 is 2.17 bits per heavy atom. The van der Waals surface area contributed by atoms with Crippen LogP contribution in [0.1, 0.15) is 111 Å². The van der Waals surface area contributed by atoms with Crippen LogP contribution in [-0.4, -0.2) is 153 Å². The van der Waals surface area contributed by atoms with Crippen LogP contribution in [0.4, 0.5) is 0 Å². The number of halogens is 2. The number of allylic oxidation sites excluding steroid dienone is 4. The third-order valence-corrected chi connectivity index (χ3v) is 13.8. The molecule has 1 aromatic carbocycles. The van der Waals surface area contributed by atoms with Gasteiger partial charge in [0.2, 0.25) is 0 Å². The number of phenols is 2. The molecule has 0 bridgehead atoms. The predicted molar refractivity (Wildman–Crippen MR) is 265 cm³/mol. The second-order valence-electron chi connectivity index (χ2n) is 19.4. The number of esters is 3. The molecule has 0 spiro atoms. The zero-order valence-corrected chi connectivity index (χ0v) is 44.5. The van der Waals surface area contributed by atoms with E-state index in [9.17, 15) is 50.1 Å². The van der Waals surface area contributed by atoms with Gasteiger partial charge in [-0.25, -0.2) is 9.59 Å². The molecule has 1 aromatic rings. The van der Waals surface area contributed by atoms with E-state index in [-0.39, 0.29) is 35.4 Å². The van der Waals surface area contributed by atoms with E-state index in [0.29, 0.717) is 23.1 Å². The lowest BCUT2D eigenvalue weighted by Gasteiger charge is -2.47. The van der Waals surface area contributed by atoms with Gasteiger partial charge in [-0.3, -0.25) is 4.79 Å². The number of hydrogen-bond acceptors (Lipinski definition) is 18. The second-order valence-corrected chi connectivity index (χ2v) is 20.1. The van der Waals surface area contributed by atoms with Crippen LogP contribution >= 0.6 is 23.2 Å². The Bertz CT molecular complexity index is 2220. The molecule has 404 valence electrons. The summed E-state index contributed by atoms with van der Waals surface area (Å²) in [6.45, 7) is 18.0. The van der Waals surface area contributed by atoms with Gasteiger partial charge in [-0.2, -0.15) is 0 Å². The van der Waals surface area contributed by atoms with Crippen molar-refractivity contribution in [3.8, 4) is 11.5 Å². The number of phenolic OH excluding ortho intramolecular Hbond substituents is 2. The van der Waals surface area contributed by atoms with Gasteiger partial charge in [-0.1, -0.05) is 86.9 Å². The number of ether oxygens (including phenoxy) is 8. The van der Waals surface area contributed by atoms with Crippen molar-refractivity contribution in [1.29, 1.82) is 0 Å². The number of aliphatic hydroxyl groups excluding tert-OH is 5. The molecule has 0 radical (unpaired) electrons. The third-order valence-electron chi connectivity index (χ3n) is 13.0. The van der Waals surface area contributed by atoms with Gasteiger partial charge in [0.05, 0.1) is 53.1 Å². The fourth-order valence-electron chi connectivity index (χ4n) is 8.52. The minimum absolute atomic E-state index is 0.0379. The van der Waals surface area contributed by atoms with Gasteiger partial charge >= 0.3 is 17.9 Å². The van der Waals surface area contributed by atoms with Crippen LogP contribution in [0.25, 0.3) is 0 Å². The molecule has 2 saturated heterocycles. The first-order valence-electron chi connectivity index (χ1n) is 24.2. The van der Waals surface area contributed by atoms with E-state index in [2.05, 4.69) is 0 Å². The molecular formula is C52H74Cl2O18. The van der Waals surface area contributed by atoms with Crippen LogP contribution in [-0.2, 0) is 53.9 Å². The zero-order chi connectivity index (χ0) is 54.1. The van der Waals surface area contributed by atoms with Crippen molar-refractivity contribution in [2.75, 3.05) is 13.7 Å². The molecule has 3 aliphatic rings. The SMILES string of the molecule is CCc1c(Cl)c(O)c(Cl)c(O)c1C(=O)O[C@H]1[C@@H](O)[C@@H](OC)[C@@H](OCC2=CC=CC[C@@H](O)C(C)=C[C@H](CC)[C@@H](O[C@H]3OC(C)(C)[C@H](O)[C@H](OC(=O)C(C)C)[C@@H]3O)C(C)=CC(C)=CC[C@@H]([C@H](C)O)OC2=O)O[C@H]1C. The Morgan fingerprint density at radius 1 is 0.903 bits per heavy atom. The molecule has 0 saturated carbocycles. The Morgan fingerprint density at radius 2 is 1.57 bits per heavy atom. The fraction of sp³-hybridized carbons (Fsp3) is 0.635. The van der Waals surface area contributed by atoms with E-state index in [1.54, 1.807) is 53.7 Å². The molecular weight excluding hydrogens is 983 g/mol. The van der Waals surface area contributed by atoms with Gasteiger partial charge in [0.15, 0.2) is 36.3 Å². The molecule has 20 heteroatoms. The van der Waals surface area contributed by atoms with Crippen molar-refractivity contribution in [3.63, 3.8) is 0 Å². The summed E-state index contributed by atoms with van der Waals surface area (Å²) in [6.07, 6.45) is -5.43. The third kappa shape index (κ3) is 14.7. The summed E-state index contributed by atoms with van der Waals surface area (Å²) in [6, 6.07) is 0. The van der Waals surface area contributed by atoms with E-state index < -0.39 is 144 Å². The maximum absolute atomic E-state index is 14.0. The number of methoxy groups -OCH3 is 1. The second kappa shape index (κ2) is 26.5. The van der Waals surface area contributed by atoms with Gasteiger partial charge in [-0.15, -0.1) is 0 Å². The average Bonchev–Trinajstić information content (AvgIpc) is 3.32. The van der Waals surface area contributed by atoms with Crippen molar-refractivity contribution in [2.24, 2.45) is 11.8 Å². The summed E-state index contributed by atoms with van der Waals surface area (Å²) >= 11 is 12.3. The van der Waals surface area contributed by atoms with Gasteiger partial charge in [-0.05, 0) is 90.5 Å². The number of carbonyl (C=O) groups excluding carboxylic acids is 3. The van der Waals surface area contributed by atoms with Crippen molar-refractivity contribution >= 4 is 41.1 Å². The quantitative estimate of drug-likeness (QED) is 0.0655. The molecule has 0 unspecified atom stereocenters. The lowest BCUT2D eigenvalue weighted by molar-refractivity contribution is -0.333. The monoisotopic (exact) mass is 1060 g/mol. The number of benzene rings is 1. The standard InChI is InChI=1S/C52H74Cl2O18/c1-13-30-22-26(6)33(56)18-16-15-17-31(23-66-51-45(65-12)40(59)43(29(9)67-51)69-49(64)35-32(14-2)36(53)39(58)37(54)38(35)57)48(63)68-34(28(8)55)20-19-25(5)21-27(7)42(30)71-50-41(60)44(70-47(62)24(3)4)46(61)52(10,11)72-50/h15-17,19,21-22,24,28-30,33-34,40-46,50-51,55-61H,13-14,18,20,23H2,1-12H3/t28-,29-,30-,33+,34-,40+,41-,42-,43+,44+,45+,46+,50-,51-/m0/s1. The molecule has 18 nitrogen and oxygen atoms in total. The Balaban J connectivity index is 1.62. The van der Waals surface area contributed by atoms with Crippen molar-refractivity contribution in [2.45, 2.75) is 187 Å². The van der Waals surface area contributed by atoms with E-state index in [0.717, 1.165) is 0 Å². The number of rotatable bonds is 13. The summed E-state index contributed by atoms with van der Waals surface area (Å²) in [5.74, 6) is -4.88. The summed E-state index contributed by atoms with van der Waals surface area (Å²) in [5.41, 5.74) is 0.283. The highest BCUT2D eigenvalue weighted by atomic mass is 35.5. The largest absolute Gasteiger partial charge is 0.505 e. The molecule has 7 N–H and O–H groups in total. The fourth-order valence-corrected chi connectivity index (χ4v) is 9.08. The van der Waals surface area contributed by atoms with E-state index >= 15 is 0 Å². The normalized spacial score (nSPS) is 31.5. The number of hydrogen-bond donors (Lipinski definition) is 7. The summed E-state index contributed by atoms with van der Waals surface area (Å²) < 4.78 is 47.5. The Labute approximate surface area is 431 Å². The first-order valence-corrected chi connectivity index (χ1v) is 24.9. The van der Waals surface area contributed by atoms with E-state index in [1.807, 2.05) is 32.9 Å². The van der Waals surface area contributed by atoms with Gasteiger partial charge in [0, 0.05) is 19.4 Å². The predicted octanol–water partition coefficient (Wildman–Crippen LogP) is 6.23. The molecule has 0 aromatic heterocycles.